The molecular formula is C19H18FN3O3. The molecule has 1 atom stereocenters. The second-order valence-electron chi connectivity index (χ2n) is 6.20. The number of hydrogen-bond donors (Lipinski definition) is 1. The Labute approximate surface area is 150 Å². The number of halogens is 1. The molecule has 0 radical (unpaired) electrons. The Morgan fingerprint density at radius 2 is 1.77 bits per heavy atom. The van der Waals surface area contributed by atoms with Crippen LogP contribution in [0.3, 0.4) is 0 Å². The molecule has 0 bridgehead atoms. The third-order valence-electron chi connectivity index (χ3n) is 4.12. The molecule has 0 aliphatic carbocycles. The maximum absolute atomic E-state index is 13.9. The van der Waals surface area contributed by atoms with Gasteiger partial charge in [-0.25, -0.2) is 9.29 Å². The highest BCUT2D eigenvalue weighted by atomic mass is 19.1. The second kappa shape index (κ2) is 6.95. The summed E-state index contributed by atoms with van der Waals surface area (Å²) in [6.45, 7) is 0. The highest BCUT2D eigenvalue weighted by Crippen LogP contribution is 2.27. The van der Waals surface area contributed by atoms with Crippen LogP contribution in [0.4, 0.5) is 15.8 Å². The van der Waals surface area contributed by atoms with Crippen LogP contribution in [0.15, 0.2) is 48.5 Å². The van der Waals surface area contributed by atoms with Gasteiger partial charge in [0.15, 0.2) is 0 Å². The summed E-state index contributed by atoms with van der Waals surface area (Å²) >= 11 is 0. The van der Waals surface area contributed by atoms with Gasteiger partial charge < -0.3 is 10.2 Å². The van der Waals surface area contributed by atoms with Gasteiger partial charge in [-0.1, -0.05) is 12.1 Å². The fraction of sp³-hybridized carbons (Fsp3) is 0.211. The van der Waals surface area contributed by atoms with Crippen LogP contribution in [0.2, 0.25) is 0 Å². The molecule has 3 rings (SSSR count). The zero-order chi connectivity index (χ0) is 18.8. The summed E-state index contributed by atoms with van der Waals surface area (Å²) in [5, 5.41) is 2.98. The number of anilines is 2. The SMILES string of the molecule is CN(C)C(=O)c1ccc(N[C@@H]2CC(=O)N(c3ccccc3F)C2=O)cc1. The Bertz CT molecular complexity index is 865. The van der Waals surface area contributed by atoms with Crippen molar-refractivity contribution in [3.63, 3.8) is 0 Å². The van der Waals surface area contributed by atoms with E-state index in [0.29, 0.717) is 11.3 Å². The van der Waals surface area contributed by atoms with E-state index in [9.17, 15) is 18.8 Å². The highest BCUT2D eigenvalue weighted by molar-refractivity contribution is 6.23. The minimum atomic E-state index is -0.780. The van der Waals surface area contributed by atoms with Gasteiger partial charge in [0.2, 0.25) is 5.91 Å². The summed E-state index contributed by atoms with van der Waals surface area (Å²) < 4.78 is 13.9. The zero-order valence-electron chi connectivity index (χ0n) is 14.4. The number of para-hydroxylation sites is 1. The van der Waals surface area contributed by atoms with Gasteiger partial charge >= 0.3 is 0 Å². The lowest BCUT2D eigenvalue weighted by Gasteiger charge is -2.17. The average molecular weight is 355 g/mol. The van der Waals surface area contributed by atoms with Crippen molar-refractivity contribution in [3.8, 4) is 0 Å². The first kappa shape index (κ1) is 17.6. The molecule has 1 fully saturated rings. The number of benzene rings is 2. The minimum Gasteiger partial charge on any atom is -0.373 e. The second-order valence-corrected chi connectivity index (χ2v) is 6.20. The van der Waals surface area contributed by atoms with Crippen LogP contribution in [0.1, 0.15) is 16.8 Å². The van der Waals surface area contributed by atoms with Crippen molar-refractivity contribution in [2.75, 3.05) is 24.3 Å². The quantitative estimate of drug-likeness (QED) is 0.855. The van der Waals surface area contributed by atoms with E-state index in [2.05, 4.69) is 5.32 Å². The van der Waals surface area contributed by atoms with Crippen LogP contribution >= 0.6 is 0 Å². The molecule has 1 aliphatic rings. The van der Waals surface area contributed by atoms with Crippen LogP contribution in [0, 0.1) is 5.82 Å². The van der Waals surface area contributed by atoms with Crippen molar-refractivity contribution in [2.45, 2.75) is 12.5 Å². The molecule has 0 spiro atoms. The van der Waals surface area contributed by atoms with Crippen LogP contribution in [0.5, 0.6) is 0 Å². The molecule has 1 saturated heterocycles. The van der Waals surface area contributed by atoms with Crippen LogP contribution in [-0.4, -0.2) is 42.8 Å². The smallest absolute Gasteiger partial charge is 0.256 e. The summed E-state index contributed by atoms with van der Waals surface area (Å²) in [6, 6.07) is 11.5. The van der Waals surface area contributed by atoms with Crippen molar-refractivity contribution in [1.29, 1.82) is 0 Å². The number of hydrogen-bond acceptors (Lipinski definition) is 4. The summed E-state index contributed by atoms with van der Waals surface area (Å²) in [7, 11) is 3.32. The van der Waals surface area contributed by atoms with Gasteiger partial charge in [0.1, 0.15) is 11.9 Å². The van der Waals surface area contributed by atoms with Gasteiger partial charge in [0.05, 0.1) is 12.1 Å². The number of nitrogens with zero attached hydrogens (tertiary/aromatic N) is 2. The predicted molar refractivity (Wildman–Crippen MR) is 95.4 cm³/mol. The molecule has 2 aromatic rings. The summed E-state index contributed by atoms with van der Waals surface area (Å²) in [5.74, 6) is -1.72. The van der Waals surface area contributed by atoms with Crippen molar-refractivity contribution in [2.24, 2.45) is 0 Å². The first-order valence-corrected chi connectivity index (χ1v) is 8.08. The van der Waals surface area contributed by atoms with Crippen molar-refractivity contribution < 1.29 is 18.8 Å². The Kier molecular flexibility index (Phi) is 4.71. The Morgan fingerprint density at radius 3 is 2.38 bits per heavy atom. The molecule has 7 heteroatoms. The Morgan fingerprint density at radius 1 is 1.12 bits per heavy atom. The number of imide groups is 1. The molecule has 6 nitrogen and oxygen atoms in total. The molecule has 1 heterocycles. The fourth-order valence-electron chi connectivity index (χ4n) is 2.80. The van der Waals surface area contributed by atoms with E-state index < -0.39 is 23.7 Å². The minimum absolute atomic E-state index is 0.0428. The first-order chi connectivity index (χ1) is 12.4. The molecule has 134 valence electrons. The standard InChI is InChI=1S/C19H18FN3O3/c1-22(2)18(25)12-7-9-13(10-8-12)21-15-11-17(24)23(19(15)26)16-6-4-3-5-14(16)20/h3-10,15,21H,11H2,1-2H3/t15-/m1/s1. The summed E-state index contributed by atoms with van der Waals surface area (Å²) in [5.41, 5.74) is 1.07. The van der Waals surface area contributed by atoms with Gasteiger partial charge in [-0.15, -0.1) is 0 Å². The van der Waals surface area contributed by atoms with Crippen LogP contribution in [-0.2, 0) is 9.59 Å². The number of rotatable bonds is 4. The predicted octanol–water partition coefficient (Wildman–Crippen LogP) is 2.27. The lowest BCUT2D eigenvalue weighted by atomic mass is 10.1. The number of carbonyl (C=O) groups excluding carboxylic acids is 3. The van der Waals surface area contributed by atoms with E-state index >= 15 is 0 Å². The normalized spacial score (nSPS) is 16.7. The first-order valence-electron chi connectivity index (χ1n) is 8.08. The maximum atomic E-state index is 13.9. The Balaban J connectivity index is 1.75. The molecule has 0 aromatic heterocycles. The number of amides is 3. The average Bonchev–Trinajstić information content (AvgIpc) is 2.89. The summed E-state index contributed by atoms with van der Waals surface area (Å²) in [6.07, 6.45) is -0.0639. The molecule has 1 aliphatic heterocycles. The fourth-order valence-corrected chi connectivity index (χ4v) is 2.80. The van der Waals surface area contributed by atoms with E-state index in [4.69, 9.17) is 0 Å². The molecule has 1 N–H and O–H groups in total. The van der Waals surface area contributed by atoms with Gasteiger partial charge in [-0.05, 0) is 36.4 Å². The van der Waals surface area contributed by atoms with Crippen LogP contribution < -0.4 is 10.2 Å². The van der Waals surface area contributed by atoms with Gasteiger partial charge in [-0.2, -0.15) is 0 Å². The highest BCUT2D eigenvalue weighted by Gasteiger charge is 2.40. The third kappa shape index (κ3) is 3.28. The van der Waals surface area contributed by atoms with E-state index in [1.807, 2.05) is 0 Å². The van der Waals surface area contributed by atoms with Crippen LogP contribution in [0.25, 0.3) is 0 Å². The van der Waals surface area contributed by atoms with E-state index in [1.54, 1.807) is 44.4 Å². The molecule has 0 unspecified atom stereocenters. The molecule has 3 amide bonds. The zero-order valence-corrected chi connectivity index (χ0v) is 14.4. The van der Waals surface area contributed by atoms with Gasteiger partial charge in [0, 0.05) is 25.3 Å². The molecule has 26 heavy (non-hydrogen) atoms. The lowest BCUT2D eigenvalue weighted by molar-refractivity contribution is -0.121. The number of carbonyl (C=O) groups is 3. The molecular weight excluding hydrogens is 337 g/mol. The largest absolute Gasteiger partial charge is 0.373 e. The number of nitrogens with one attached hydrogen (secondary N) is 1. The monoisotopic (exact) mass is 355 g/mol. The topological polar surface area (TPSA) is 69.7 Å². The van der Waals surface area contributed by atoms with Crippen molar-refractivity contribution in [1.82, 2.24) is 4.90 Å². The van der Waals surface area contributed by atoms with Gasteiger partial charge in [-0.3, -0.25) is 14.4 Å². The van der Waals surface area contributed by atoms with E-state index in [1.165, 1.54) is 23.1 Å². The third-order valence-corrected chi connectivity index (χ3v) is 4.12. The maximum Gasteiger partial charge on any atom is 0.256 e. The summed E-state index contributed by atoms with van der Waals surface area (Å²) in [4.78, 5) is 39.0. The van der Waals surface area contributed by atoms with Crippen molar-refractivity contribution in [3.05, 3.63) is 59.9 Å². The van der Waals surface area contributed by atoms with Gasteiger partial charge in [0.25, 0.3) is 11.8 Å². The molecule has 0 saturated carbocycles. The lowest BCUT2D eigenvalue weighted by Crippen LogP contribution is -2.35. The van der Waals surface area contributed by atoms with Crippen molar-refractivity contribution >= 4 is 29.1 Å². The van der Waals surface area contributed by atoms with E-state index in [0.717, 1.165) is 4.90 Å². The molecule has 2 aromatic carbocycles. The van der Waals surface area contributed by atoms with E-state index in [-0.39, 0.29) is 18.0 Å². The Hall–Kier alpha value is -3.22.